The van der Waals surface area contributed by atoms with Gasteiger partial charge in [-0.3, -0.25) is 4.79 Å². The van der Waals surface area contributed by atoms with Crippen LogP contribution in [0.4, 0.5) is 17.6 Å². The highest BCUT2D eigenvalue weighted by Crippen LogP contribution is 2.45. The van der Waals surface area contributed by atoms with Crippen molar-refractivity contribution in [2.75, 3.05) is 6.61 Å². The number of halogens is 4. The minimum atomic E-state index is -4.88. The molecule has 0 radical (unpaired) electrons. The number of hydrogen-bond donors (Lipinski definition) is 1. The molecule has 1 atom stereocenters. The highest BCUT2D eigenvalue weighted by molar-refractivity contribution is 6.04. The number of alkyl halides is 3. The molecule has 2 aliphatic heterocycles. The second-order valence-electron chi connectivity index (χ2n) is 6.43. The standard InChI is InChI=1S/C18H13F4NO3/c19-10-5-4-8(6-9(10)18(20,21)22)14-15-11(2-1-3-13(15)24)23-12-7-26-17(25)16(12)14/h4-6,14,23H,1-3,7H2/t14-/m1/s1. The molecule has 1 aromatic rings. The predicted molar refractivity (Wildman–Crippen MR) is 81.1 cm³/mol. The summed E-state index contributed by atoms with van der Waals surface area (Å²) < 4.78 is 58.0. The maximum atomic E-state index is 13.7. The Morgan fingerprint density at radius 2 is 1.85 bits per heavy atom. The first-order chi connectivity index (χ1) is 12.3. The smallest absolute Gasteiger partial charge is 0.419 e. The Balaban J connectivity index is 1.91. The van der Waals surface area contributed by atoms with Crippen molar-refractivity contribution >= 4 is 11.8 Å². The van der Waals surface area contributed by atoms with Gasteiger partial charge in [-0.25, -0.2) is 9.18 Å². The van der Waals surface area contributed by atoms with E-state index < -0.39 is 29.4 Å². The molecule has 8 heteroatoms. The number of benzene rings is 1. The number of carbonyl (C=O) groups excluding carboxylic acids is 2. The summed E-state index contributed by atoms with van der Waals surface area (Å²) in [6, 6.07) is 2.57. The summed E-state index contributed by atoms with van der Waals surface area (Å²) in [6.07, 6.45) is -3.46. The van der Waals surface area contributed by atoms with Crippen molar-refractivity contribution < 1.29 is 31.9 Å². The Hall–Kier alpha value is -2.64. The van der Waals surface area contributed by atoms with Crippen LogP contribution in [-0.4, -0.2) is 18.4 Å². The number of esters is 1. The zero-order valence-corrected chi connectivity index (χ0v) is 13.4. The Bertz CT molecular complexity index is 898. The van der Waals surface area contributed by atoms with E-state index in [2.05, 4.69) is 5.32 Å². The van der Waals surface area contributed by atoms with E-state index in [1.165, 1.54) is 6.07 Å². The molecule has 0 bridgehead atoms. The van der Waals surface area contributed by atoms with Crippen molar-refractivity contribution in [1.82, 2.24) is 5.32 Å². The minimum absolute atomic E-state index is 0.0248. The number of hydrogen-bond acceptors (Lipinski definition) is 4. The number of allylic oxidation sites excluding steroid dienone is 2. The van der Waals surface area contributed by atoms with Crippen molar-refractivity contribution in [2.45, 2.75) is 31.4 Å². The molecule has 26 heavy (non-hydrogen) atoms. The third kappa shape index (κ3) is 2.51. The number of ether oxygens (including phenoxy) is 1. The third-order valence-electron chi connectivity index (χ3n) is 4.86. The first-order valence-electron chi connectivity index (χ1n) is 8.07. The molecule has 2 heterocycles. The lowest BCUT2D eigenvalue weighted by atomic mass is 9.75. The first-order valence-corrected chi connectivity index (χ1v) is 8.07. The summed E-state index contributed by atoms with van der Waals surface area (Å²) in [4.78, 5) is 24.7. The Labute approximate surface area is 145 Å². The van der Waals surface area contributed by atoms with Crippen LogP contribution in [0.2, 0.25) is 0 Å². The molecule has 0 aromatic heterocycles. The average molecular weight is 367 g/mol. The van der Waals surface area contributed by atoms with E-state index in [4.69, 9.17) is 4.74 Å². The Morgan fingerprint density at radius 3 is 2.58 bits per heavy atom. The molecule has 0 saturated carbocycles. The van der Waals surface area contributed by atoms with E-state index in [9.17, 15) is 27.2 Å². The number of ketones is 1. The normalized spacial score (nSPS) is 22.8. The van der Waals surface area contributed by atoms with Crippen molar-refractivity contribution in [3.8, 4) is 0 Å². The Kier molecular flexibility index (Phi) is 3.68. The molecule has 0 saturated heterocycles. The molecule has 136 valence electrons. The Morgan fingerprint density at radius 1 is 1.08 bits per heavy atom. The van der Waals surface area contributed by atoms with Gasteiger partial charge in [0.25, 0.3) is 0 Å². The number of dihydropyridines is 1. The molecular weight excluding hydrogens is 354 g/mol. The summed E-state index contributed by atoms with van der Waals surface area (Å²) in [5, 5.41) is 3.03. The quantitative estimate of drug-likeness (QED) is 0.611. The molecule has 1 N–H and O–H groups in total. The molecule has 4 rings (SSSR count). The number of Topliss-reactive ketones (excluding diaryl/α,β-unsaturated/α-hetero) is 1. The van der Waals surface area contributed by atoms with E-state index >= 15 is 0 Å². The molecule has 0 unspecified atom stereocenters. The number of carbonyl (C=O) groups is 2. The van der Waals surface area contributed by atoms with Crippen molar-refractivity contribution in [3.05, 3.63) is 57.7 Å². The fourth-order valence-corrected chi connectivity index (χ4v) is 3.74. The van der Waals surface area contributed by atoms with E-state index in [1.54, 1.807) is 0 Å². The van der Waals surface area contributed by atoms with Crippen LogP contribution in [-0.2, 0) is 20.5 Å². The van der Waals surface area contributed by atoms with Gasteiger partial charge in [-0.1, -0.05) is 6.07 Å². The third-order valence-corrected chi connectivity index (χ3v) is 4.86. The number of cyclic esters (lactones) is 1. The van der Waals surface area contributed by atoms with Crippen LogP contribution in [0.5, 0.6) is 0 Å². The average Bonchev–Trinajstić information content (AvgIpc) is 2.94. The van der Waals surface area contributed by atoms with Gasteiger partial charge >= 0.3 is 12.1 Å². The van der Waals surface area contributed by atoms with E-state index in [-0.39, 0.29) is 35.5 Å². The summed E-state index contributed by atoms with van der Waals surface area (Å²) in [5.74, 6) is -3.29. The zero-order valence-electron chi connectivity index (χ0n) is 13.4. The van der Waals surface area contributed by atoms with Crippen LogP contribution in [0.1, 0.15) is 36.3 Å². The van der Waals surface area contributed by atoms with E-state index in [0.717, 1.165) is 0 Å². The summed E-state index contributed by atoms with van der Waals surface area (Å²) >= 11 is 0. The maximum absolute atomic E-state index is 13.7. The lowest BCUT2D eigenvalue weighted by Gasteiger charge is -2.32. The molecule has 0 amide bonds. The van der Waals surface area contributed by atoms with Crippen LogP contribution in [0.15, 0.2) is 40.7 Å². The molecule has 4 nitrogen and oxygen atoms in total. The van der Waals surface area contributed by atoms with Crippen molar-refractivity contribution in [1.29, 1.82) is 0 Å². The summed E-state index contributed by atoms with van der Waals surface area (Å²) in [5.41, 5.74) is 0.0709. The maximum Gasteiger partial charge on any atom is 0.419 e. The van der Waals surface area contributed by atoms with Gasteiger partial charge < -0.3 is 10.1 Å². The molecule has 1 aliphatic carbocycles. The van der Waals surface area contributed by atoms with Gasteiger partial charge in [0.05, 0.1) is 16.8 Å². The second-order valence-corrected chi connectivity index (χ2v) is 6.43. The van der Waals surface area contributed by atoms with Crippen LogP contribution in [0.3, 0.4) is 0 Å². The highest BCUT2D eigenvalue weighted by Gasteiger charge is 2.44. The van der Waals surface area contributed by atoms with Crippen LogP contribution in [0, 0.1) is 5.82 Å². The topological polar surface area (TPSA) is 55.4 Å². The van der Waals surface area contributed by atoms with E-state index in [0.29, 0.717) is 36.4 Å². The fraction of sp³-hybridized carbons (Fsp3) is 0.333. The number of rotatable bonds is 1. The highest BCUT2D eigenvalue weighted by atomic mass is 19.4. The molecular formula is C18H13F4NO3. The van der Waals surface area contributed by atoms with Crippen molar-refractivity contribution in [3.63, 3.8) is 0 Å². The lowest BCUT2D eigenvalue weighted by Crippen LogP contribution is -2.32. The van der Waals surface area contributed by atoms with Gasteiger partial charge in [-0.2, -0.15) is 13.2 Å². The van der Waals surface area contributed by atoms with Gasteiger partial charge in [0.2, 0.25) is 0 Å². The molecule has 0 fully saturated rings. The van der Waals surface area contributed by atoms with Gasteiger partial charge in [-0.15, -0.1) is 0 Å². The zero-order chi connectivity index (χ0) is 18.6. The SMILES string of the molecule is O=C1CCCC2=C1[C@@H](c1ccc(F)c(C(F)(F)F)c1)C1=C(COC1=O)N2. The van der Waals surface area contributed by atoms with Crippen molar-refractivity contribution in [2.24, 2.45) is 0 Å². The van der Waals surface area contributed by atoms with Crippen LogP contribution in [0.25, 0.3) is 0 Å². The van der Waals surface area contributed by atoms with Gasteiger partial charge in [0, 0.05) is 23.6 Å². The molecule has 0 spiro atoms. The lowest BCUT2D eigenvalue weighted by molar-refractivity contribution is -0.140. The predicted octanol–water partition coefficient (Wildman–Crippen LogP) is 3.35. The van der Waals surface area contributed by atoms with Gasteiger partial charge in [0.15, 0.2) is 5.78 Å². The molecule has 1 aromatic carbocycles. The monoisotopic (exact) mass is 367 g/mol. The largest absolute Gasteiger partial charge is 0.456 e. The fourth-order valence-electron chi connectivity index (χ4n) is 3.74. The summed E-state index contributed by atoms with van der Waals surface area (Å²) in [6.45, 7) is -0.0248. The first kappa shape index (κ1) is 16.8. The van der Waals surface area contributed by atoms with Crippen LogP contribution < -0.4 is 5.32 Å². The molecule has 3 aliphatic rings. The second kappa shape index (κ2) is 5.69. The van der Waals surface area contributed by atoms with E-state index in [1.807, 2.05) is 0 Å². The minimum Gasteiger partial charge on any atom is -0.456 e. The summed E-state index contributed by atoms with van der Waals surface area (Å²) in [7, 11) is 0. The number of nitrogens with one attached hydrogen (secondary N) is 1. The van der Waals surface area contributed by atoms with Crippen LogP contribution >= 0.6 is 0 Å². The van der Waals surface area contributed by atoms with Gasteiger partial charge in [-0.05, 0) is 30.5 Å². The van der Waals surface area contributed by atoms with Gasteiger partial charge in [0.1, 0.15) is 12.4 Å².